The molecule has 1 amide bonds. The summed E-state index contributed by atoms with van der Waals surface area (Å²) in [6.07, 6.45) is 8.50. The highest BCUT2D eigenvalue weighted by molar-refractivity contribution is 8.14. The summed E-state index contributed by atoms with van der Waals surface area (Å²) >= 11 is 12.3. The molecule has 5 aliphatic rings. The van der Waals surface area contributed by atoms with Crippen molar-refractivity contribution in [3.05, 3.63) is 52.1 Å². The van der Waals surface area contributed by atoms with Crippen LogP contribution in [0.2, 0.25) is 5.02 Å². The van der Waals surface area contributed by atoms with E-state index >= 15 is 0 Å². The van der Waals surface area contributed by atoms with Gasteiger partial charge < -0.3 is 9.32 Å². The highest BCUT2D eigenvalue weighted by atomic mass is 35.5. The van der Waals surface area contributed by atoms with Crippen molar-refractivity contribution in [3.8, 4) is 11.3 Å². The Bertz CT molecular complexity index is 986. The standard InChI is InChI=1S/C24H24ClNO2S2/c25-18-3-1-15(2-4-18)20-6-5-19(28-20)12-21-23(27)26(24(29)30-21)22-16-8-13-7-14(10-16)11-17(22)9-13/h1-6,12-14,16-17,22,24,29H,7-11H2/b21-12-. The zero-order valence-electron chi connectivity index (χ0n) is 16.5. The van der Waals surface area contributed by atoms with E-state index in [0.29, 0.717) is 28.7 Å². The molecule has 2 aromatic rings. The van der Waals surface area contributed by atoms with Crippen molar-refractivity contribution >= 4 is 48.0 Å². The Kier molecular flexibility index (Phi) is 4.78. The predicted molar refractivity (Wildman–Crippen MR) is 125 cm³/mol. The number of nitrogens with zero attached hydrogens (tertiary/aromatic N) is 1. The highest BCUT2D eigenvalue weighted by Gasteiger charge is 2.53. The first-order valence-electron chi connectivity index (χ1n) is 10.8. The molecular formula is C24H24ClNO2S2. The van der Waals surface area contributed by atoms with Gasteiger partial charge in [0.05, 0.1) is 4.91 Å². The summed E-state index contributed by atoms with van der Waals surface area (Å²) in [6.45, 7) is 0. The molecule has 0 spiro atoms. The fourth-order valence-electron chi connectivity index (χ4n) is 6.51. The largest absolute Gasteiger partial charge is 0.457 e. The molecule has 1 saturated heterocycles. The number of thiol groups is 1. The van der Waals surface area contributed by atoms with E-state index in [1.54, 1.807) is 11.8 Å². The molecule has 30 heavy (non-hydrogen) atoms. The number of hydrogen-bond acceptors (Lipinski definition) is 4. The Hall–Kier alpha value is -1.30. The van der Waals surface area contributed by atoms with E-state index in [2.05, 4.69) is 4.90 Å². The second-order valence-corrected chi connectivity index (χ2v) is 11.7. The molecule has 1 unspecified atom stereocenters. The number of carbonyl (C=O) groups is 1. The number of rotatable bonds is 3. The van der Waals surface area contributed by atoms with Gasteiger partial charge in [0.2, 0.25) is 0 Å². The quantitative estimate of drug-likeness (QED) is 0.418. The van der Waals surface area contributed by atoms with Gasteiger partial charge in [0.25, 0.3) is 5.91 Å². The molecule has 4 aliphatic carbocycles. The Morgan fingerprint density at radius 1 is 1.00 bits per heavy atom. The van der Waals surface area contributed by atoms with Gasteiger partial charge >= 0.3 is 0 Å². The minimum atomic E-state index is -0.100. The van der Waals surface area contributed by atoms with Crippen LogP contribution in [0.3, 0.4) is 0 Å². The normalized spacial score (nSPS) is 36.3. The first kappa shape index (κ1) is 19.4. The fourth-order valence-corrected chi connectivity index (χ4v) is 8.20. The van der Waals surface area contributed by atoms with Gasteiger partial charge in [0.15, 0.2) is 0 Å². The van der Waals surface area contributed by atoms with Gasteiger partial charge in [0, 0.05) is 22.7 Å². The second kappa shape index (κ2) is 7.39. The van der Waals surface area contributed by atoms with Crippen LogP contribution in [-0.4, -0.2) is 21.6 Å². The maximum atomic E-state index is 13.4. The van der Waals surface area contributed by atoms with E-state index in [4.69, 9.17) is 28.6 Å². The number of amides is 1. The van der Waals surface area contributed by atoms with Crippen molar-refractivity contribution in [2.75, 3.05) is 0 Å². The summed E-state index contributed by atoms with van der Waals surface area (Å²) in [7, 11) is 0. The monoisotopic (exact) mass is 457 g/mol. The van der Waals surface area contributed by atoms with Crippen LogP contribution in [0.4, 0.5) is 0 Å². The molecular weight excluding hydrogens is 434 g/mol. The first-order valence-corrected chi connectivity index (χ1v) is 12.6. The van der Waals surface area contributed by atoms with Crippen LogP contribution in [0.25, 0.3) is 17.4 Å². The summed E-state index contributed by atoms with van der Waals surface area (Å²) in [5.74, 6) is 4.73. The van der Waals surface area contributed by atoms with Crippen LogP contribution in [0.15, 0.2) is 45.7 Å². The number of furan rings is 1. The maximum Gasteiger partial charge on any atom is 0.262 e. The van der Waals surface area contributed by atoms with E-state index in [9.17, 15) is 4.79 Å². The van der Waals surface area contributed by atoms with Crippen molar-refractivity contribution in [1.82, 2.24) is 4.90 Å². The third-order valence-corrected chi connectivity index (χ3v) is 9.24. The van der Waals surface area contributed by atoms with Crippen LogP contribution in [-0.2, 0) is 4.79 Å². The predicted octanol–water partition coefficient (Wildman–Crippen LogP) is 6.55. The van der Waals surface area contributed by atoms with E-state index in [-0.39, 0.29) is 10.6 Å². The summed E-state index contributed by atoms with van der Waals surface area (Å²) in [4.78, 5) is 16.2. The van der Waals surface area contributed by atoms with Gasteiger partial charge in [-0.1, -0.05) is 23.4 Å². The number of halogens is 1. The molecule has 0 N–H and O–H groups in total. The Morgan fingerprint density at radius 2 is 1.67 bits per heavy atom. The molecule has 3 nitrogen and oxygen atoms in total. The molecule has 156 valence electrons. The molecule has 0 radical (unpaired) electrons. The average molecular weight is 458 g/mol. The van der Waals surface area contributed by atoms with Gasteiger partial charge in [-0.3, -0.25) is 4.79 Å². The molecule has 5 fully saturated rings. The lowest BCUT2D eigenvalue weighted by atomic mass is 9.54. The lowest BCUT2D eigenvalue weighted by Crippen LogP contribution is -2.57. The third-order valence-electron chi connectivity index (χ3n) is 7.44. The van der Waals surface area contributed by atoms with Crippen molar-refractivity contribution < 1.29 is 9.21 Å². The Morgan fingerprint density at radius 3 is 2.33 bits per heavy atom. The smallest absolute Gasteiger partial charge is 0.262 e. The van der Waals surface area contributed by atoms with Crippen LogP contribution in [0.5, 0.6) is 0 Å². The number of hydrogen-bond donors (Lipinski definition) is 1. The summed E-state index contributed by atoms with van der Waals surface area (Å²) in [5, 5.41) is 0.699. The van der Waals surface area contributed by atoms with E-state index < -0.39 is 0 Å². The van der Waals surface area contributed by atoms with Gasteiger partial charge in [-0.05, 0) is 92.2 Å². The van der Waals surface area contributed by atoms with Gasteiger partial charge in [-0.15, -0.1) is 12.6 Å². The summed E-state index contributed by atoms with van der Waals surface area (Å²) in [5.41, 5.74) is 0.969. The summed E-state index contributed by atoms with van der Waals surface area (Å²) in [6, 6.07) is 11.8. The minimum absolute atomic E-state index is 0.100. The molecule has 6 heteroatoms. The van der Waals surface area contributed by atoms with E-state index in [1.165, 1.54) is 32.1 Å². The van der Waals surface area contributed by atoms with Crippen LogP contribution in [0.1, 0.15) is 37.9 Å². The van der Waals surface area contributed by atoms with Gasteiger partial charge in [-0.2, -0.15) is 0 Å². The Balaban J connectivity index is 1.24. The minimum Gasteiger partial charge on any atom is -0.457 e. The zero-order chi connectivity index (χ0) is 20.4. The molecule has 4 saturated carbocycles. The summed E-state index contributed by atoms with van der Waals surface area (Å²) < 4.78 is 5.90. The molecule has 1 aromatic heterocycles. The zero-order valence-corrected chi connectivity index (χ0v) is 19.0. The lowest BCUT2D eigenvalue weighted by molar-refractivity contribution is -0.136. The SMILES string of the molecule is O=C1/C(=C/c2ccc(-c3ccc(Cl)cc3)o2)SC(S)N1C1C2CC3CC(C2)CC1C3. The van der Waals surface area contributed by atoms with Crippen LogP contribution in [0, 0.1) is 23.7 Å². The lowest BCUT2D eigenvalue weighted by Gasteiger charge is -2.56. The van der Waals surface area contributed by atoms with Crippen molar-refractivity contribution in [1.29, 1.82) is 0 Å². The molecule has 1 atom stereocenters. The van der Waals surface area contributed by atoms with Crippen molar-refractivity contribution in [2.24, 2.45) is 23.7 Å². The molecule has 1 aromatic carbocycles. The first-order chi connectivity index (χ1) is 14.5. The Labute approximate surface area is 191 Å². The number of thioether (sulfide) groups is 1. The van der Waals surface area contributed by atoms with Crippen molar-refractivity contribution in [2.45, 2.75) is 42.9 Å². The van der Waals surface area contributed by atoms with Crippen LogP contribution >= 0.6 is 36.0 Å². The number of benzene rings is 1. The van der Waals surface area contributed by atoms with Crippen molar-refractivity contribution in [3.63, 3.8) is 0 Å². The topological polar surface area (TPSA) is 33.5 Å². The number of carbonyl (C=O) groups excluding carboxylic acids is 1. The molecule has 2 heterocycles. The maximum absolute atomic E-state index is 13.4. The van der Waals surface area contributed by atoms with Gasteiger partial charge in [-0.25, -0.2) is 0 Å². The third kappa shape index (κ3) is 3.25. The highest BCUT2D eigenvalue weighted by Crippen LogP contribution is 2.57. The van der Waals surface area contributed by atoms with E-state index in [1.807, 2.05) is 42.5 Å². The van der Waals surface area contributed by atoms with Crippen LogP contribution < -0.4 is 0 Å². The molecule has 1 aliphatic heterocycles. The molecule has 4 bridgehead atoms. The van der Waals surface area contributed by atoms with E-state index in [0.717, 1.165) is 28.1 Å². The van der Waals surface area contributed by atoms with Gasteiger partial charge in [0.1, 0.15) is 16.2 Å². The average Bonchev–Trinajstić information content (AvgIpc) is 3.28. The second-order valence-electron chi connectivity index (χ2n) is 9.30. The molecule has 7 rings (SSSR count). The fraction of sp³-hybridized carbons (Fsp3) is 0.458.